The van der Waals surface area contributed by atoms with Crippen molar-refractivity contribution in [1.29, 1.82) is 0 Å². The molecule has 0 spiro atoms. The van der Waals surface area contributed by atoms with Crippen molar-refractivity contribution in [2.45, 2.75) is 5.75 Å². The Hall–Kier alpha value is -2.60. The average Bonchev–Trinajstić information content (AvgIpc) is 2.55. The normalized spacial score (nSPS) is 11.3. The smallest absolute Gasteiger partial charge is 0.255 e. The molecule has 0 heterocycles. The molecule has 0 saturated carbocycles. The number of phenolic OH excluding ortho intramolecular Hbond substituents is 2. The van der Waals surface area contributed by atoms with Gasteiger partial charge in [-0.05, 0) is 41.5 Å². The summed E-state index contributed by atoms with van der Waals surface area (Å²) < 4.78 is 5.10. The molecule has 2 aromatic carbocycles. The molecule has 23 heavy (non-hydrogen) atoms. The van der Waals surface area contributed by atoms with Crippen molar-refractivity contribution in [3.05, 3.63) is 58.5 Å². The van der Waals surface area contributed by atoms with Gasteiger partial charge in [-0.1, -0.05) is 18.2 Å². The maximum absolute atomic E-state index is 11.6. The molecule has 0 aromatic heterocycles. The Bertz CT molecular complexity index is 726. The van der Waals surface area contributed by atoms with Gasteiger partial charge in [-0.25, -0.2) is 0 Å². The average molecular weight is 331 g/mol. The second kappa shape index (κ2) is 7.60. The molecule has 0 aliphatic carbocycles. The second-order valence-electron chi connectivity index (χ2n) is 4.76. The molecule has 4 N–H and O–H groups in total. The van der Waals surface area contributed by atoms with Crippen molar-refractivity contribution in [1.82, 2.24) is 0 Å². The van der Waals surface area contributed by atoms with Crippen LogP contribution in [0.25, 0.3) is 6.08 Å². The molecule has 0 fully saturated rings. The van der Waals surface area contributed by atoms with Gasteiger partial charge in [0.1, 0.15) is 5.75 Å². The van der Waals surface area contributed by atoms with Crippen LogP contribution < -0.4 is 10.5 Å². The summed E-state index contributed by atoms with van der Waals surface area (Å²) >= 11 is 1.30. The van der Waals surface area contributed by atoms with Gasteiger partial charge in [0.05, 0.1) is 12.0 Å². The lowest BCUT2D eigenvalue weighted by Gasteiger charge is -2.06. The van der Waals surface area contributed by atoms with Crippen LogP contribution in [-0.2, 0) is 10.5 Å². The topological polar surface area (TPSA) is 92.8 Å². The van der Waals surface area contributed by atoms with Crippen molar-refractivity contribution in [2.24, 2.45) is 5.73 Å². The number of benzene rings is 2. The van der Waals surface area contributed by atoms with E-state index in [4.69, 9.17) is 10.5 Å². The Labute approximate surface area is 138 Å². The van der Waals surface area contributed by atoms with Gasteiger partial charge in [0.15, 0.2) is 11.5 Å². The van der Waals surface area contributed by atoms with E-state index < -0.39 is 5.91 Å². The molecule has 2 aromatic rings. The highest BCUT2D eigenvalue weighted by Gasteiger charge is 2.08. The first-order chi connectivity index (χ1) is 11.0. The van der Waals surface area contributed by atoms with Crippen molar-refractivity contribution in [2.75, 3.05) is 7.11 Å². The molecule has 0 saturated heterocycles. The van der Waals surface area contributed by atoms with Crippen LogP contribution in [0.4, 0.5) is 0 Å². The standard InChI is InChI=1S/C17H17NO4S/c1-22-13-5-2-11(3-6-13)10-23-16(17(18)21)9-12-4-7-14(19)15(20)8-12/h2-9,19-20H,10H2,1H3,(H2,18,21)/b16-9+. The summed E-state index contributed by atoms with van der Waals surface area (Å²) in [5.41, 5.74) is 7.01. The van der Waals surface area contributed by atoms with Crippen LogP contribution in [0.5, 0.6) is 17.2 Å². The molecule has 0 aliphatic rings. The van der Waals surface area contributed by atoms with Crippen LogP contribution in [0.15, 0.2) is 47.4 Å². The van der Waals surface area contributed by atoms with Crippen LogP contribution in [0.3, 0.4) is 0 Å². The summed E-state index contributed by atoms with van der Waals surface area (Å²) in [5, 5.41) is 18.8. The number of nitrogens with two attached hydrogens (primary N) is 1. The number of primary amides is 1. The first kappa shape index (κ1) is 16.8. The number of hydrogen-bond acceptors (Lipinski definition) is 5. The molecule has 2 rings (SSSR count). The number of hydrogen-bond donors (Lipinski definition) is 3. The monoisotopic (exact) mass is 331 g/mol. The molecule has 120 valence electrons. The van der Waals surface area contributed by atoms with Gasteiger partial charge in [-0.2, -0.15) is 0 Å². The molecule has 5 nitrogen and oxygen atoms in total. The quantitative estimate of drug-likeness (QED) is 0.559. The van der Waals surface area contributed by atoms with E-state index in [0.717, 1.165) is 11.3 Å². The fourth-order valence-electron chi connectivity index (χ4n) is 1.85. The minimum atomic E-state index is -0.545. The number of rotatable bonds is 6. The summed E-state index contributed by atoms with van der Waals surface area (Å²) in [6, 6.07) is 11.8. The number of amides is 1. The number of carbonyl (C=O) groups excluding carboxylic acids is 1. The summed E-state index contributed by atoms with van der Waals surface area (Å²) in [6.45, 7) is 0. The Balaban J connectivity index is 2.12. The third kappa shape index (κ3) is 4.69. The third-order valence-corrected chi connectivity index (χ3v) is 4.20. The van der Waals surface area contributed by atoms with E-state index in [1.807, 2.05) is 24.3 Å². The lowest BCUT2D eigenvalue weighted by molar-refractivity contribution is -0.113. The molecule has 0 radical (unpaired) electrons. The van der Waals surface area contributed by atoms with E-state index in [2.05, 4.69) is 0 Å². The number of methoxy groups -OCH3 is 1. The largest absolute Gasteiger partial charge is 0.504 e. The SMILES string of the molecule is COc1ccc(CS/C(=C/c2ccc(O)c(O)c2)C(N)=O)cc1. The zero-order chi connectivity index (χ0) is 16.8. The minimum Gasteiger partial charge on any atom is -0.504 e. The first-order valence-electron chi connectivity index (χ1n) is 6.79. The summed E-state index contributed by atoms with van der Waals surface area (Å²) in [4.78, 5) is 11.9. The van der Waals surface area contributed by atoms with Crippen LogP contribution in [0.1, 0.15) is 11.1 Å². The highest BCUT2D eigenvalue weighted by Crippen LogP contribution is 2.29. The lowest BCUT2D eigenvalue weighted by Crippen LogP contribution is -2.11. The molecule has 0 bridgehead atoms. The Morgan fingerprint density at radius 2 is 1.87 bits per heavy atom. The van der Waals surface area contributed by atoms with Gasteiger partial charge < -0.3 is 20.7 Å². The van der Waals surface area contributed by atoms with Crippen molar-refractivity contribution >= 4 is 23.7 Å². The van der Waals surface area contributed by atoms with Crippen LogP contribution in [-0.4, -0.2) is 23.2 Å². The van der Waals surface area contributed by atoms with Crippen LogP contribution >= 0.6 is 11.8 Å². The number of aromatic hydroxyl groups is 2. The predicted octanol–water partition coefficient (Wildman–Crippen LogP) is 2.87. The molecular weight excluding hydrogens is 314 g/mol. The molecular formula is C17H17NO4S. The zero-order valence-corrected chi connectivity index (χ0v) is 13.3. The van der Waals surface area contributed by atoms with Gasteiger partial charge in [0, 0.05) is 5.75 Å². The van der Waals surface area contributed by atoms with Gasteiger partial charge in [-0.3, -0.25) is 4.79 Å². The maximum Gasteiger partial charge on any atom is 0.255 e. The molecule has 0 atom stereocenters. The Kier molecular flexibility index (Phi) is 5.54. The van der Waals surface area contributed by atoms with Crippen molar-refractivity contribution < 1.29 is 19.7 Å². The fourth-order valence-corrected chi connectivity index (χ4v) is 2.72. The van der Waals surface area contributed by atoms with Gasteiger partial charge in [0.2, 0.25) is 0 Å². The number of thioether (sulfide) groups is 1. The van der Waals surface area contributed by atoms with E-state index in [9.17, 15) is 15.0 Å². The molecule has 0 unspecified atom stereocenters. The zero-order valence-electron chi connectivity index (χ0n) is 12.5. The molecule has 6 heteroatoms. The first-order valence-corrected chi connectivity index (χ1v) is 7.77. The summed E-state index contributed by atoms with van der Waals surface area (Å²) in [7, 11) is 1.60. The highest BCUT2D eigenvalue weighted by molar-refractivity contribution is 8.03. The van der Waals surface area contributed by atoms with E-state index in [0.29, 0.717) is 16.2 Å². The van der Waals surface area contributed by atoms with E-state index in [1.165, 1.54) is 23.9 Å². The number of carbonyl (C=O) groups is 1. The summed E-state index contributed by atoms with van der Waals surface area (Å²) in [5.74, 6) is 0.333. The van der Waals surface area contributed by atoms with E-state index in [1.54, 1.807) is 19.3 Å². The van der Waals surface area contributed by atoms with Crippen molar-refractivity contribution in [3.63, 3.8) is 0 Å². The van der Waals surface area contributed by atoms with Crippen molar-refractivity contribution in [3.8, 4) is 17.2 Å². The fraction of sp³-hybridized carbons (Fsp3) is 0.118. The van der Waals surface area contributed by atoms with Gasteiger partial charge >= 0.3 is 0 Å². The second-order valence-corrected chi connectivity index (χ2v) is 5.77. The molecule has 1 amide bonds. The van der Waals surface area contributed by atoms with E-state index >= 15 is 0 Å². The van der Waals surface area contributed by atoms with Gasteiger partial charge in [0.25, 0.3) is 5.91 Å². The van der Waals surface area contributed by atoms with E-state index in [-0.39, 0.29) is 11.5 Å². The highest BCUT2D eigenvalue weighted by atomic mass is 32.2. The molecule has 0 aliphatic heterocycles. The summed E-state index contributed by atoms with van der Waals surface area (Å²) in [6.07, 6.45) is 1.58. The number of ether oxygens (including phenoxy) is 1. The van der Waals surface area contributed by atoms with Crippen LogP contribution in [0.2, 0.25) is 0 Å². The Morgan fingerprint density at radius 3 is 2.43 bits per heavy atom. The maximum atomic E-state index is 11.6. The van der Waals surface area contributed by atoms with Crippen LogP contribution in [0, 0.1) is 0 Å². The lowest BCUT2D eigenvalue weighted by atomic mass is 10.2. The number of phenols is 2. The van der Waals surface area contributed by atoms with Gasteiger partial charge in [-0.15, -0.1) is 11.8 Å². The minimum absolute atomic E-state index is 0.214. The predicted molar refractivity (Wildman–Crippen MR) is 91.2 cm³/mol. The Morgan fingerprint density at radius 1 is 1.17 bits per heavy atom. The third-order valence-electron chi connectivity index (χ3n) is 3.09.